The Morgan fingerprint density at radius 1 is 1.21 bits per heavy atom. The van der Waals surface area contributed by atoms with Gasteiger partial charge in [-0.2, -0.15) is 8.78 Å². The third-order valence-corrected chi connectivity index (χ3v) is 2.43. The first-order valence-corrected chi connectivity index (χ1v) is 6.14. The van der Waals surface area contributed by atoms with Gasteiger partial charge in [0.1, 0.15) is 0 Å². The van der Waals surface area contributed by atoms with Crippen molar-refractivity contribution in [3.63, 3.8) is 0 Å². The van der Waals surface area contributed by atoms with Crippen LogP contribution in [0.3, 0.4) is 0 Å². The molecule has 0 spiro atoms. The van der Waals surface area contributed by atoms with Crippen LogP contribution in [0.2, 0.25) is 0 Å². The Morgan fingerprint density at radius 3 is 2.42 bits per heavy atom. The van der Waals surface area contributed by atoms with E-state index in [0.717, 1.165) is 12.1 Å². The Kier molecular flexibility index (Phi) is 5.54. The molecule has 0 fully saturated rings. The fraction of sp³-hybridized carbons (Fsp3) is 0.571. The van der Waals surface area contributed by atoms with Crippen LogP contribution in [0.15, 0.2) is 18.2 Å². The van der Waals surface area contributed by atoms with Gasteiger partial charge >= 0.3 is 6.61 Å². The molecule has 0 radical (unpaired) electrons. The van der Waals surface area contributed by atoms with E-state index < -0.39 is 6.61 Å². The van der Waals surface area contributed by atoms with E-state index in [1.165, 1.54) is 7.11 Å². The summed E-state index contributed by atoms with van der Waals surface area (Å²) in [6.45, 7) is 4.95. The van der Waals surface area contributed by atoms with Crippen molar-refractivity contribution in [3.8, 4) is 11.5 Å². The molecule has 0 aliphatic rings. The monoisotopic (exact) mass is 273 g/mol. The number of hydrogen-bond donors (Lipinski definition) is 1. The van der Waals surface area contributed by atoms with Crippen LogP contribution < -0.4 is 14.8 Å². The number of halogens is 2. The van der Waals surface area contributed by atoms with Gasteiger partial charge in [-0.3, -0.25) is 0 Å². The molecule has 0 unspecified atom stereocenters. The second kappa shape index (κ2) is 6.70. The van der Waals surface area contributed by atoms with Gasteiger partial charge in [-0.15, -0.1) is 0 Å². The molecule has 0 amide bonds. The zero-order valence-electron chi connectivity index (χ0n) is 11.8. The minimum atomic E-state index is -2.85. The second-order valence-corrected chi connectivity index (χ2v) is 5.53. The van der Waals surface area contributed by atoms with Crippen LogP contribution in [-0.4, -0.2) is 20.3 Å². The van der Waals surface area contributed by atoms with E-state index >= 15 is 0 Å². The SMILES string of the molecule is COc1ccc(CNCC(C)(C)C)cc1OC(F)F. The van der Waals surface area contributed by atoms with Crippen molar-refractivity contribution in [2.45, 2.75) is 33.9 Å². The Labute approximate surface area is 112 Å². The first-order chi connectivity index (χ1) is 8.81. The first kappa shape index (κ1) is 15.7. The topological polar surface area (TPSA) is 30.5 Å². The van der Waals surface area contributed by atoms with Crippen LogP contribution in [-0.2, 0) is 6.54 Å². The summed E-state index contributed by atoms with van der Waals surface area (Å²) in [7, 11) is 1.42. The molecule has 1 aromatic carbocycles. The van der Waals surface area contributed by atoms with Gasteiger partial charge in [-0.25, -0.2) is 0 Å². The number of nitrogens with one attached hydrogen (secondary N) is 1. The molecule has 0 saturated carbocycles. The molecule has 1 N–H and O–H groups in total. The van der Waals surface area contributed by atoms with Crippen molar-refractivity contribution in [3.05, 3.63) is 23.8 Å². The third-order valence-electron chi connectivity index (χ3n) is 2.43. The van der Waals surface area contributed by atoms with E-state index in [1.54, 1.807) is 12.1 Å². The number of benzene rings is 1. The van der Waals surface area contributed by atoms with E-state index in [-0.39, 0.29) is 11.2 Å². The fourth-order valence-electron chi connectivity index (χ4n) is 1.60. The van der Waals surface area contributed by atoms with Gasteiger partial charge in [0.05, 0.1) is 7.11 Å². The lowest BCUT2D eigenvalue weighted by Gasteiger charge is -2.19. The van der Waals surface area contributed by atoms with Gasteiger partial charge in [0.25, 0.3) is 0 Å². The summed E-state index contributed by atoms with van der Waals surface area (Å²) in [4.78, 5) is 0. The normalized spacial score (nSPS) is 11.7. The molecule has 0 heterocycles. The van der Waals surface area contributed by atoms with Crippen LogP contribution in [0.1, 0.15) is 26.3 Å². The van der Waals surface area contributed by atoms with Crippen molar-refractivity contribution in [1.82, 2.24) is 5.32 Å². The minimum Gasteiger partial charge on any atom is -0.493 e. The molecule has 19 heavy (non-hydrogen) atoms. The molecule has 0 aliphatic heterocycles. The Balaban J connectivity index is 2.69. The second-order valence-electron chi connectivity index (χ2n) is 5.53. The van der Waals surface area contributed by atoms with Crippen LogP contribution in [0, 0.1) is 5.41 Å². The lowest BCUT2D eigenvalue weighted by Crippen LogP contribution is -2.26. The van der Waals surface area contributed by atoms with Crippen LogP contribution in [0.25, 0.3) is 0 Å². The highest BCUT2D eigenvalue weighted by Crippen LogP contribution is 2.29. The highest BCUT2D eigenvalue weighted by molar-refractivity contribution is 5.42. The summed E-state index contributed by atoms with van der Waals surface area (Å²) < 4.78 is 34.0. The average molecular weight is 273 g/mol. The molecule has 5 heteroatoms. The molecule has 1 rings (SSSR count). The number of hydrogen-bond acceptors (Lipinski definition) is 3. The number of methoxy groups -OCH3 is 1. The van der Waals surface area contributed by atoms with E-state index in [1.807, 2.05) is 6.07 Å². The molecular weight excluding hydrogens is 252 g/mol. The molecule has 0 saturated heterocycles. The van der Waals surface area contributed by atoms with Gasteiger partial charge in [0, 0.05) is 13.1 Å². The minimum absolute atomic E-state index is 0.0626. The van der Waals surface area contributed by atoms with Crippen LogP contribution in [0.4, 0.5) is 8.78 Å². The molecule has 0 aliphatic carbocycles. The number of rotatable bonds is 6. The summed E-state index contributed by atoms with van der Waals surface area (Å²) >= 11 is 0. The van der Waals surface area contributed by atoms with Gasteiger partial charge < -0.3 is 14.8 Å². The molecule has 0 bridgehead atoms. The Morgan fingerprint density at radius 2 is 1.89 bits per heavy atom. The number of ether oxygens (including phenoxy) is 2. The first-order valence-electron chi connectivity index (χ1n) is 6.14. The van der Waals surface area contributed by atoms with Crippen molar-refractivity contribution in [1.29, 1.82) is 0 Å². The van der Waals surface area contributed by atoms with E-state index in [4.69, 9.17) is 4.74 Å². The van der Waals surface area contributed by atoms with Crippen molar-refractivity contribution in [2.24, 2.45) is 5.41 Å². The Hall–Kier alpha value is -1.36. The molecule has 3 nitrogen and oxygen atoms in total. The van der Waals surface area contributed by atoms with Crippen LogP contribution >= 0.6 is 0 Å². The third kappa shape index (κ3) is 5.87. The van der Waals surface area contributed by atoms with E-state index in [0.29, 0.717) is 12.3 Å². The number of alkyl halides is 2. The smallest absolute Gasteiger partial charge is 0.387 e. The van der Waals surface area contributed by atoms with Gasteiger partial charge in [0.2, 0.25) is 0 Å². The van der Waals surface area contributed by atoms with Crippen molar-refractivity contribution >= 4 is 0 Å². The predicted octanol–water partition coefficient (Wildman–Crippen LogP) is 3.43. The van der Waals surface area contributed by atoms with Gasteiger partial charge in [0.15, 0.2) is 11.5 Å². The van der Waals surface area contributed by atoms with Gasteiger partial charge in [-0.1, -0.05) is 26.8 Å². The van der Waals surface area contributed by atoms with E-state index in [2.05, 4.69) is 30.8 Å². The summed E-state index contributed by atoms with van der Waals surface area (Å²) in [6, 6.07) is 5.03. The zero-order valence-corrected chi connectivity index (χ0v) is 11.8. The van der Waals surface area contributed by atoms with Crippen LogP contribution in [0.5, 0.6) is 11.5 Å². The van der Waals surface area contributed by atoms with Crippen molar-refractivity contribution in [2.75, 3.05) is 13.7 Å². The largest absolute Gasteiger partial charge is 0.493 e. The maximum absolute atomic E-state index is 12.3. The highest BCUT2D eigenvalue weighted by atomic mass is 19.3. The average Bonchev–Trinajstić information content (AvgIpc) is 2.27. The van der Waals surface area contributed by atoms with Crippen molar-refractivity contribution < 1.29 is 18.3 Å². The fourth-order valence-corrected chi connectivity index (χ4v) is 1.60. The van der Waals surface area contributed by atoms with Gasteiger partial charge in [-0.05, 0) is 23.1 Å². The molecule has 0 aromatic heterocycles. The molecular formula is C14H21F2NO2. The summed E-state index contributed by atoms with van der Waals surface area (Å²) in [5.74, 6) is 0.368. The lowest BCUT2D eigenvalue weighted by molar-refractivity contribution is -0.0512. The lowest BCUT2D eigenvalue weighted by atomic mass is 9.97. The molecule has 1 aromatic rings. The summed E-state index contributed by atoms with van der Waals surface area (Å²) in [5.41, 5.74) is 1.05. The Bertz CT molecular complexity index is 403. The maximum atomic E-state index is 12.3. The zero-order chi connectivity index (χ0) is 14.5. The molecule has 108 valence electrons. The maximum Gasteiger partial charge on any atom is 0.387 e. The van der Waals surface area contributed by atoms with E-state index in [9.17, 15) is 8.78 Å². The standard InChI is InChI=1S/C14H21F2NO2/c1-14(2,3)9-17-8-10-5-6-11(18-4)12(7-10)19-13(15)16/h5-7,13,17H,8-9H2,1-4H3. The highest BCUT2D eigenvalue weighted by Gasteiger charge is 2.12. The molecule has 0 atom stereocenters. The summed E-state index contributed by atoms with van der Waals surface area (Å²) in [5, 5.41) is 3.28. The quantitative estimate of drug-likeness (QED) is 0.861. The predicted molar refractivity (Wildman–Crippen MR) is 70.8 cm³/mol. The summed E-state index contributed by atoms with van der Waals surface area (Å²) in [6.07, 6.45) is 0.